The summed E-state index contributed by atoms with van der Waals surface area (Å²) in [5.41, 5.74) is 3.45. The number of hydrogen-bond acceptors (Lipinski definition) is 7. The summed E-state index contributed by atoms with van der Waals surface area (Å²) < 4.78 is 14.5. The molecule has 0 aliphatic carbocycles. The number of aliphatic hydroxyl groups is 1. The van der Waals surface area contributed by atoms with Crippen LogP contribution in [0.1, 0.15) is 34.3 Å². The summed E-state index contributed by atoms with van der Waals surface area (Å²) in [5, 5.41) is 28.8. The standard InChI is InChI=1S/C25H26FN5O3/c1-14-10-17(26)20(12-22(14)33)28-19-4-7-27-24-23(19)25(34)30-21-11-15(2-3-18(21)29-24)13-31-8-5-16(32)6-9-31/h2-4,7,10-12,16,32-33H,5-6,8-9,13H2,1H3,(H,30,34)(H2,27,28,29). The second kappa shape index (κ2) is 8.92. The zero-order chi connectivity index (χ0) is 23.8. The number of phenolic OH excluding ortho intramolecular Hbond substituents is 1. The van der Waals surface area contributed by atoms with Gasteiger partial charge in [0.15, 0.2) is 0 Å². The van der Waals surface area contributed by atoms with Crippen molar-refractivity contribution in [3.63, 3.8) is 0 Å². The number of pyridine rings is 1. The highest BCUT2D eigenvalue weighted by Gasteiger charge is 2.25. The number of halogens is 1. The Kier molecular flexibility index (Phi) is 5.80. The number of carbonyl (C=O) groups excluding carboxylic acids is 1. The van der Waals surface area contributed by atoms with E-state index in [1.54, 1.807) is 13.0 Å². The van der Waals surface area contributed by atoms with Crippen molar-refractivity contribution < 1.29 is 19.4 Å². The predicted octanol–water partition coefficient (Wildman–Crippen LogP) is 4.24. The highest BCUT2D eigenvalue weighted by atomic mass is 19.1. The number of likely N-dealkylation sites (tertiary alicyclic amines) is 1. The molecule has 1 saturated heterocycles. The molecule has 2 aromatic carbocycles. The van der Waals surface area contributed by atoms with Gasteiger partial charge in [-0.2, -0.15) is 0 Å². The molecule has 2 aliphatic heterocycles. The molecule has 9 heteroatoms. The zero-order valence-electron chi connectivity index (χ0n) is 18.7. The third-order valence-electron chi connectivity index (χ3n) is 6.28. The number of nitrogens with zero attached hydrogens (tertiary/aromatic N) is 2. The van der Waals surface area contributed by atoms with Gasteiger partial charge in [-0.05, 0) is 55.2 Å². The Morgan fingerprint density at radius 1 is 1.12 bits per heavy atom. The van der Waals surface area contributed by atoms with Gasteiger partial charge in [-0.15, -0.1) is 0 Å². The van der Waals surface area contributed by atoms with Crippen LogP contribution in [0.15, 0.2) is 42.6 Å². The van der Waals surface area contributed by atoms with E-state index in [-0.39, 0.29) is 29.0 Å². The second-order valence-corrected chi connectivity index (χ2v) is 8.79. The molecule has 2 aliphatic rings. The topological polar surface area (TPSA) is 110 Å². The molecule has 0 unspecified atom stereocenters. The minimum absolute atomic E-state index is 0.0465. The van der Waals surface area contributed by atoms with Crippen molar-refractivity contribution in [3.8, 4) is 5.75 Å². The number of anilines is 5. The van der Waals surface area contributed by atoms with Crippen LogP contribution in [0.2, 0.25) is 0 Å². The summed E-state index contributed by atoms with van der Waals surface area (Å²) in [5.74, 6) is -0.627. The number of rotatable bonds is 4. The van der Waals surface area contributed by atoms with Gasteiger partial charge in [-0.1, -0.05) is 6.07 Å². The van der Waals surface area contributed by atoms with Crippen molar-refractivity contribution >= 4 is 34.5 Å². The van der Waals surface area contributed by atoms with Crippen LogP contribution in [0.25, 0.3) is 0 Å². The van der Waals surface area contributed by atoms with E-state index in [0.29, 0.717) is 28.4 Å². The van der Waals surface area contributed by atoms with E-state index in [4.69, 9.17) is 0 Å². The quantitative estimate of drug-likeness (QED) is 0.394. The lowest BCUT2D eigenvalue weighted by atomic mass is 10.1. The third-order valence-corrected chi connectivity index (χ3v) is 6.28. The van der Waals surface area contributed by atoms with Gasteiger partial charge in [0.25, 0.3) is 5.91 Å². The maximum absolute atomic E-state index is 14.5. The van der Waals surface area contributed by atoms with Crippen LogP contribution in [-0.4, -0.2) is 45.2 Å². The van der Waals surface area contributed by atoms with Gasteiger partial charge in [0.2, 0.25) is 0 Å². The lowest BCUT2D eigenvalue weighted by Crippen LogP contribution is -2.35. The first-order valence-electron chi connectivity index (χ1n) is 11.2. The first-order chi connectivity index (χ1) is 16.4. The Morgan fingerprint density at radius 2 is 1.91 bits per heavy atom. The Labute approximate surface area is 196 Å². The number of nitrogens with one attached hydrogen (secondary N) is 3. The number of fused-ring (bicyclic) bond motifs is 2. The predicted molar refractivity (Wildman–Crippen MR) is 129 cm³/mol. The highest BCUT2D eigenvalue weighted by molar-refractivity contribution is 6.15. The number of aromatic nitrogens is 1. The van der Waals surface area contributed by atoms with Gasteiger partial charge in [-0.25, -0.2) is 9.37 Å². The van der Waals surface area contributed by atoms with Crippen LogP contribution < -0.4 is 16.0 Å². The molecular weight excluding hydrogens is 437 g/mol. The van der Waals surface area contributed by atoms with Crippen molar-refractivity contribution in [2.75, 3.05) is 29.0 Å². The van der Waals surface area contributed by atoms with Gasteiger partial charge in [0, 0.05) is 31.9 Å². The summed E-state index contributed by atoms with van der Waals surface area (Å²) in [6.45, 7) is 4.00. The molecular formula is C25H26FN5O3. The molecule has 1 amide bonds. The number of amides is 1. The number of carbonyl (C=O) groups is 1. The van der Waals surface area contributed by atoms with E-state index in [1.807, 2.05) is 18.2 Å². The van der Waals surface area contributed by atoms with Gasteiger partial charge >= 0.3 is 0 Å². The molecule has 5 rings (SSSR count). The Morgan fingerprint density at radius 3 is 2.71 bits per heavy atom. The number of aryl methyl sites for hydroxylation is 1. The fraction of sp³-hybridized carbons (Fsp3) is 0.280. The van der Waals surface area contributed by atoms with Crippen LogP contribution in [0.4, 0.5) is 33.0 Å². The van der Waals surface area contributed by atoms with E-state index in [0.717, 1.165) is 38.0 Å². The molecule has 3 heterocycles. The van der Waals surface area contributed by atoms with E-state index in [9.17, 15) is 19.4 Å². The summed E-state index contributed by atoms with van der Waals surface area (Å²) in [6, 6.07) is 9.94. The van der Waals surface area contributed by atoms with Crippen LogP contribution >= 0.6 is 0 Å². The highest BCUT2D eigenvalue weighted by Crippen LogP contribution is 2.36. The molecule has 34 heavy (non-hydrogen) atoms. The summed E-state index contributed by atoms with van der Waals surface area (Å²) >= 11 is 0. The minimum Gasteiger partial charge on any atom is -0.508 e. The lowest BCUT2D eigenvalue weighted by Gasteiger charge is -2.29. The minimum atomic E-state index is -0.541. The van der Waals surface area contributed by atoms with E-state index in [2.05, 4.69) is 25.8 Å². The van der Waals surface area contributed by atoms with Crippen molar-refractivity contribution in [3.05, 3.63) is 65.1 Å². The largest absolute Gasteiger partial charge is 0.508 e. The van der Waals surface area contributed by atoms with Gasteiger partial charge in [0.1, 0.15) is 22.9 Å². The fourth-order valence-corrected chi connectivity index (χ4v) is 4.34. The smallest absolute Gasteiger partial charge is 0.261 e. The molecule has 0 bridgehead atoms. The molecule has 0 radical (unpaired) electrons. The first-order valence-corrected chi connectivity index (χ1v) is 11.2. The number of hydrogen-bond donors (Lipinski definition) is 5. The van der Waals surface area contributed by atoms with Crippen LogP contribution in [0.5, 0.6) is 5.75 Å². The molecule has 5 N–H and O–H groups in total. The molecule has 3 aromatic rings. The molecule has 1 fully saturated rings. The molecule has 0 atom stereocenters. The van der Waals surface area contributed by atoms with Gasteiger partial charge in [0.05, 0.1) is 28.9 Å². The number of aromatic hydroxyl groups is 1. The van der Waals surface area contributed by atoms with Crippen molar-refractivity contribution in [1.82, 2.24) is 9.88 Å². The van der Waals surface area contributed by atoms with E-state index >= 15 is 0 Å². The first kappa shape index (κ1) is 22.1. The number of phenols is 1. The zero-order valence-corrected chi connectivity index (χ0v) is 18.7. The second-order valence-electron chi connectivity index (χ2n) is 8.79. The summed E-state index contributed by atoms with van der Waals surface area (Å²) in [7, 11) is 0. The van der Waals surface area contributed by atoms with Crippen molar-refractivity contribution in [1.29, 1.82) is 0 Å². The van der Waals surface area contributed by atoms with Crippen LogP contribution in [0, 0.1) is 12.7 Å². The van der Waals surface area contributed by atoms with Crippen molar-refractivity contribution in [2.24, 2.45) is 0 Å². The molecule has 8 nitrogen and oxygen atoms in total. The van der Waals surface area contributed by atoms with E-state index in [1.165, 1.54) is 18.3 Å². The van der Waals surface area contributed by atoms with E-state index < -0.39 is 5.82 Å². The summed E-state index contributed by atoms with van der Waals surface area (Å²) in [6.07, 6.45) is 2.83. The lowest BCUT2D eigenvalue weighted by molar-refractivity contribution is 0.0792. The SMILES string of the molecule is Cc1cc(F)c(Nc2ccnc3c2C(=O)Nc2cc(CN4CCC(O)CC4)ccc2N3)cc1O. The third kappa shape index (κ3) is 4.40. The number of aliphatic hydroxyl groups excluding tert-OH is 1. The van der Waals surface area contributed by atoms with Gasteiger partial charge < -0.3 is 26.2 Å². The Hall–Kier alpha value is -3.69. The van der Waals surface area contributed by atoms with Crippen LogP contribution in [0.3, 0.4) is 0 Å². The molecule has 1 aromatic heterocycles. The van der Waals surface area contributed by atoms with Gasteiger partial charge in [-0.3, -0.25) is 9.69 Å². The molecule has 176 valence electrons. The average molecular weight is 464 g/mol. The fourth-order valence-electron chi connectivity index (χ4n) is 4.34. The monoisotopic (exact) mass is 463 g/mol. The summed E-state index contributed by atoms with van der Waals surface area (Å²) in [4.78, 5) is 19.8. The van der Waals surface area contributed by atoms with Crippen LogP contribution in [-0.2, 0) is 6.54 Å². The maximum Gasteiger partial charge on any atom is 0.261 e. The Balaban J connectivity index is 1.41. The maximum atomic E-state index is 14.5. The molecule has 0 saturated carbocycles. The average Bonchev–Trinajstić information content (AvgIpc) is 2.95. The Bertz CT molecular complexity index is 1260. The molecule has 0 spiro atoms. The van der Waals surface area contributed by atoms with Crippen molar-refractivity contribution in [2.45, 2.75) is 32.4 Å². The number of piperidine rings is 1. The number of benzene rings is 2. The normalized spacial score (nSPS) is 16.1.